The predicted molar refractivity (Wildman–Crippen MR) is 103 cm³/mol. The molecule has 0 saturated carbocycles. The third-order valence-corrected chi connectivity index (χ3v) is 5.23. The van der Waals surface area contributed by atoms with E-state index in [1.54, 1.807) is 19.5 Å². The number of para-hydroxylation sites is 1. The van der Waals surface area contributed by atoms with Crippen LogP contribution in [0.3, 0.4) is 0 Å². The van der Waals surface area contributed by atoms with Gasteiger partial charge < -0.3 is 4.74 Å². The molecular weight excluding hydrogens is 370 g/mol. The predicted octanol–water partition coefficient (Wildman–Crippen LogP) is 2.85. The lowest BCUT2D eigenvalue weighted by molar-refractivity contribution is -0.118. The highest BCUT2D eigenvalue weighted by Gasteiger charge is 2.10. The van der Waals surface area contributed by atoms with Crippen molar-refractivity contribution in [1.82, 2.24) is 20.6 Å². The van der Waals surface area contributed by atoms with Crippen LogP contribution < -0.4 is 10.2 Å². The maximum Gasteiger partial charge on any atom is 0.250 e. The molecule has 3 aromatic rings. The highest BCUT2D eigenvalue weighted by molar-refractivity contribution is 8.01. The van der Waals surface area contributed by atoms with Gasteiger partial charge in [-0.3, -0.25) is 9.78 Å². The molecule has 0 aliphatic heterocycles. The van der Waals surface area contributed by atoms with E-state index in [-0.39, 0.29) is 11.7 Å². The number of hydrogen-bond acceptors (Lipinski definition) is 8. The van der Waals surface area contributed by atoms with Crippen LogP contribution in [0.4, 0.5) is 0 Å². The first-order valence-corrected chi connectivity index (χ1v) is 9.39. The van der Waals surface area contributed by atoms with Gasteiger partial charge in [0.05, 0.1) is 19.1 Å². The van der Waals surface area contributed by atoms with Crippen molar-refractivity contribution in [3.63, 3.8) is 0 Å². The molecule has 0 bridgehead atoms. The van der Waals surface area contributed by atoms with E-state index in [1.807, 2.05) is 42.5 Å². The van der Waals surface area contributed by atoms with E-state index in [0.717, 1.165) is 16.3 Å². The highest BCUT2D eigenvalue weighted by atomic mass is 32.2. The number of carbonyl (C=O) groups is 1. The molecule has 3 rings (SSSR count). The van der Waals surface area contributed by atoms with Crippen LogP contribution in [-0.2, 0) is 4.79 Å². The minimum atomic E-state index is -0.226. The van der Waals surface area contributed by atoms with Crippen LogP contribution in [0, 0.1) is 0 Å². The lowest BCUT2D eigenvalue weighted by Gasteiger charge is -2.03. The van der Waals surface area contributed by atoms with Gasteiger partial charge in [-0.15, -0.1) is 10.2 Å². The van der Waals surface area contributed by atoms with Gasteiger partial charge in [-0.05, 0) is 24.3 Å². The standard InChI is InChI=1S/C17H15N5O2S2/c1-24-14-8-3-2-6-12(14)10-19-20-15(23)11-25-17-22-21-16(26-17)13-7-4-5-9-18-13/h2-10H,11H2,1H3,(H,20,23)/b19-10+. The summed E-state index contributed by atoms with van der Waals surface area (Å²) in [6.07, 6.45) is 3.25. The largest absolute Gasteiger partial charge is 0.496 e. The van der Waals surface area contributed by atoms with Gasteiger partial charge >= 0.3 is 0 Å². The van der Waals surface area contributed by atoms with Crippen molar-refractivity contribution in [3.8, 4) is 16.5 Å². The Labute approximate surface area is 158 Å². The van der Waals surface area contributed by atoms with Crippen molar-refractivity contribution in [2.45, 2.75) is 4.34 Å². The SMILES string of the molecule is COc1ccccc1/C=N/NC(=O)CSc1nnc(-c2ccccn2)s1. The molecule has 0 fully saturated rings. The van der Waals surface area contributed by atoms with Gasteiger partial charge in [-0.1, -0.05) is 41.3 Å². The van der Waals surface area contributed by atoms with E-state index < -0.39 is 0 Å². The fourth-order valence-corrected chi connectivity index (χ4v) is 3.59. The lowest BCUT2D eigenvalue weighted by Crippen LogP contribution is -2.19. The summed E-state index contributed by atoms with van der Waals surface area (Å²) in [5.41, 5.74) is 4.04. The Kier molecular flexibility index (Phi) is 6.29. The number of rotatable bonds is 7. The number of carbonyl (C=O) groups excluding carboxylic acids is 1. The van der Waals surface area contributed by atoms with E-state index in [1.165, 1.54) is 23.1 Å². The fraction of sp³-hybridized carbons (Fsp3) is 0.118. The van der Waals surface area contributed by atoms with Crippen LogP contribution in [0.25, 0.3) is 10.7 Å². The molecule has 1 N–H and O–H groups in total. The number of nitrogens with zero attached hydrogens (tertiary/aromatic N) is 4. The number of hydrogen-bond donors (Lipinski definition) is 1. The van der Waals surface area contributed by atoms with Crippen molar-refractivity contribution >= 4 is 35.2 Å². The molecule has 7 nitrogen and oxygen atoms in total. The van der Waals surface area contributed by atoms with E-state index in [4.69, 9.17) is 4.74 Å². The first kappa shape index (κ1) is 18.0. The maximum absolute atomic E-state index is 11.9. The molecule has 1 amide bonds. The number of pyridine rings is 1. The van der Waals surface area contributed by atoms with Crippen LogP contribution in [0.1, 0.15) is 5.56 Å². The first-order valence-electron chi connectivity index (χ1n) is 7.59. The summed E-state index contributed by atoms with van der Waals surface area (Å²) in [5, 5.41) is 12.8. The molecule has 0 spiro atoms. The lowest BCUT2D eigenvalue weighted by atomic mass is 10.2. The number of thioether (sulfide) groups is 1. The smallest absolute Gasteiger partial charge is 0.250 e. The van der Waals surface area contributed by atoms with Crippen LogP contribution >= 0.6 is 23.1 Å². The summed E-state index contributed by atoms with van der Waals surface area (Å²) in [6.45, 7) is 0. The Hall–Kier alpha value is -2.78. The fourth-order valence-electron chi connectivity index (χ4n) is 1.97. The summed E-state index contributed by atoms with van der Waals surface area (Å²) in [5.74, 6) is 0.659. The van der Waals surface area contributed by atoms with E-state index in [9.17, 15) is 4.79 Å². The molecule has 2 heterocycles. The molecule has 2 aromatic heterocycles. The summed E-state index contributed by atoms with van der Waals surface area (Å²) >= 11 is 2.70. The molecule has 0 aliphatic rings. The van der Waals surface area contributed by atoms with Gasteiger partial charge in [0.2, 0.25) is 0 Å². The van der Waals surface area contributed by atoms with Crippen molar-refractivity contribution < 1.29 is 9.53 Å². The second kappa shape index (κ2) is 9.07. The van der Waals surface area contributed by atoms with Crippen LogP contribution in [0.5, 0.6) is 5.75 Å². The minimum Gasteiger partial charge on any atom is -0.496 e. The van der Waals surface area contributed by atoms with Crippen molar-refractivity contribution in [3.05, 3.63) is 54.2 Å². The number of ether oxygens (including phenoxy) is 1. The molecule has 0 atom stereocenters. The normalized spacial score (nSPS) is 10.8. The summed E-state index contributed by atoms with van der Waals surface area (Å²) in [4.78, 5) is 16.1. The maximum atomic E-state index is 11.9. The second-order valence-electron chi connectivity index (χ2n) is 4.91. The van der Waals surface area contributed by atoms with Crippen LogP contribution in [0.2, 0.25) is 0 Å². The molecular formula is C17H15N5O2S2. The number of amides is 1. The van der Waals surface area contributed by atoms with Gasteiger partial charge in [0.25, 0.3) is 5.91 Å². The molecule has 1 aromatic carbocycles. The van der Waals surface area contributed by atoms with E-state index >= 15 is 0 Å². The Morgan fingerprint density at radius 1 is 1.27 bits per heavy atom. The zero-order chi connectivity index (χ0) is 18.2. The van der Waals surface area contributed by atoms with E-state index in [0.29, 0.717) is 10.1 Å². The zero-order valence-electron chi connectivity index (χ0n) is 13.8. The topological polar surface area (TPSA) is 89.4 Å². The van der Waals surface area contributed by atoms with Crippen molar-refractivity contribution in [2.75, 3.05) is 12.9 Å². The molecule has 9 heteroatoms. The molecule has 0 saturated heterocycles. The third kappa shape index (κ3) is 4.87. The number of nitrogens with one attached hydrogen (secondary N) is 1. The average molecular weight is 385 g/mol. The van der Waals surface area contributed by atoms with Gasteiger partial charge in [-0.25, -0.2) is 5.43 Å². The average Bonchev–Trinajstić information content (AvgIpc) is 3.16. The van der Waals surface area contributed by atoms with Crippen LogP contribution in [0.15, 0.2) is 58.1 Å². The van der Waals surface area contributed by atoms with Crippen LogP contribution in [-0.4, -0.2) is 40.2 Å². The second-order valence-corrected chi connectivity index (χ2v) is 7.11. The summed E-state index contributed by atoms with van der Waals surface area (Å²) in [6, 6.07) is 13.0. The highest BCUT2D eigenvalue weighted by Crippen LogP contribution is 2.27. The Bertz CT molecular complexity index is 899. The molecule has 0 radical (unpaired) electrons. The Morgan fingerprint density at radius 2 is 2.12 bits per heavy atom. The molecule has 0 unspecified atom stereocenters. The van der Waals surface area contributed by atoms with Gasteiger partial charge in [0.1, 0.15) is 11.4 Å². The number of hydrazone groups is 1. The quantitative estimate of drug-likeness (QED) is 0.382. The number of aromatic nitrogens is 3. The minimum absolute atomic E-state index is 0.195. The monoisotopic (exact) mass is 385 g/mol. The van der Waals surface area contributed by atoms with Crippen molar-refractivity contribution in [1.29, 1.82) is 0 Å². The first-order chi connectivity index (χ1) is 12.8. The Morgan fingerprint density at radius 3 is 2.92 bits per heavy atom. The Balaban J connectivity index is 1.50. The molecule has 26 heavy (non-hydrogen) atoms. The number of methoxy groups -OCH3 is 1. The van der Waals surface area contributed by atoms with Gasteiger partial charge in [-0.2, -0.15) is 5.10 Å². The van der Waals surface area contributed by atoms with Gasteiger partial charge in [0.15, 0.2) is 9.35 Å². The van der Waals surface area contributed by atoms with Crippen molar-refractivity contribution in [2.24, 2.45) is 5.10 Å². The van der Waals surface area contributed by atoms with Gasteiger partial charge in [0, 0.05) is 11.8 Å². The molecule has 132 valence electrons. The third-order valence-electron chi connectivity index (χ3n) is 3.15. The number of benzene rings is 1. The summed E-state index contributed by atoms with van der Waals surface area (Å²) < 4.78 is 5.92. The van der Waals surface area contributed by atoms with E-state index in [2.05, 4.69) is 25.7 Å². The zero-order valence-corrected chi connectivity index (χ0v) is 15.5. The summed E-state index contributed by atoms with van der Waals surface area (Å²) in [7, 11) is 1.59. The molecule has 0 aliphatic carbocycles.